The van der Waals surface area contributed by atoms with Gasteiger partial charge in [0.05, 0.1) is 5.69 Å². The Morgan fingerprint density at radius 1 is 0.815 bits per heavy atom. The molecule has 0 aliphatic carbocycles. The van der Waals surface area contributed by atoms with Crippen molar-refractivity contribution in [2.75, 3.05) is 10.6 Å². The zero-order valence-corrected chi connectivity index (χ0v) is 15.3. The topological polar surface area (TPSA) is 56.9 Å². The van der Waals surface area contributed by atoms with Crippen molar-refractivity contribution in [3.05, 3.63) is 83.9 Å². The molecule has 0 fully saturated rings. The molecule has 3 aromatic carbocycles. The van der Waals surface area contributed by atoms with Crippen LogP contribution < -0.4 is 10.6 Å². The van der Waals surface area contributed by atoms with E-state index in [9.17, 15) is 4.79 Å². The lowest BCUT2D eigenvalue weighted by molar-refractivity contribution is 0.262. The molecule has 1 aromatic heterocycles. The fourth-order valence-electron chi connectivity index (χ4n) is 3.21. The Bertz CT molecular complexity index is 1090. The summed E-state index contributed by atoms with van der Waals surface area (Å²) >= 11 is 0. The maximum absolute atomic E-state index is 12.6. The zero-order valence-electron chi connectivity index (χ0n) is 15.3. The van der Waals surface area contributed by atoms with Gasteiger partial charge < -0.3 is 15.6 Å². The van der Waals surface area contributed by atoms with Crippen molar-refractivity contribution in [2.24, 2.45) is 0 Å². The van der Waals surface area contributed by atoms with Crippen LogP contribution >= 0.6 is 0 Å². The second kappa shape index (κ2) is 7.00. The predicted molar refractivity (Wildman–Crippen MR) is 112 cm³/mol. The van der Waals surface area contributed by atoms with Gasteiger partial charge in [0, 0.05) is 27.8 Å². The highest BCUT2D eigenvalue weighted by atomic mass is 16.2. The molecule has 0 bridgehead atoms. The molecule has 4 rings (SSSR count). The summed E-state index contributed by atoms with van der Waals surface area (Å²) in [5, 5.41) is 7.06. The molecule has 4 nitrogen and oxygen atoms in total. The van der Waals surface area contributed by atoms with Crippen LogP contribution in [0.5, 0.6) is 0 Å². The van der Waals surface area contributed by atoms with Crippen LogP contribution in [-0.2, 0) is 0 Å². The van der Waals surface area contributed by atoms with E-state index in [1.54, 1.807) is 0 Å². The maximum atomic E-state index is 12.6. The highest BCUT2D eigenvalue weighted by molar-refractivity contribution is 6.03. The van der Waals surface area contributed by atoms with Gasteiger partial charge in [-0.1, -0.05) is 48.5 Å². The Kier molecular flexibility index (Phi) is 4.38. The Hall–Kier alpha value is -3.53. The monoisotopic (exact) mass is 355 g/mol. The molecular weight excluding hydrogens is 334 g/mol. The predicted octanol–water partition coefficient (Wildman–Crippen LogP) is 6.10. The number of anilines is 2. The number of carbonyl (C=O) groups is 1. The van der Waals surface area contributed by atoms with Crippen LogP contribution in [0, 0.1) is 13.8 Å². The van der Waals surface area contributed by atoms with Gasteiger partial charge in [-0.15, -0.1) is 0 Å². The van der Waals surface area contributed by atoms with E-state index in [1.165, 1.54) is 0 Å². The average molecular weight is 355 g/mol. The van der Waals surface area contributed by atoms with Gasteiger partial charge >= 0.3 is 6.03 Å². The average Bonchev–Trinajstić information content (AvgIpc) is 3.10. The molecule has 0 unspecified atom stereocenters. The van der Waals surface area contributed by atoms with Crippen LogP contribution in [0.3, 0.4) is 0 Å². The fraction of sp³-hybridized carbons (Fsp3) is 0.0870. The van der Waals surface area contributed by atoms with Crippen molar-refractivity contribution >= 4 is 28.3 Å². The first-order chi connectivity index (χ1) is 13.1. The molecule has 0 spiro atoms. The standard InChI is InChI=1S/C23H21N3O/c1-15-8-7-13-19(16(15)2)25-23(27)26-21-12-6-4-10-18(21)22-14-17-9-3-5-11-20(17)24-22/h3-14,24H,1-2H3,(H2,25,26,27). The first-order valence-corrected chi connectivity index (χ1v) is 8.93. The van der Waals surface area contributed by atoms with Gasteiger partial charge in [-0.25, -0.2) is 4.79 Å². The minimum atomic E-state index is -0.257. The Labute approximate surface area is 158 Å². The van der Waals surface area contributed by atoms with Gasteiger partial charge in [0.25, 0.3) is 0 Å². The molecule has 1 heterocycles. The number of rotatable bonds is 3. The van der Waals surface area contributed by atoms with Crippen LogP contribution in [0.15, 0.2) is 72.8 Å². The molecule has 27 heavy (non-hydrogen) atoms. The summed E-state index contributed by atoms with van der Waals surface area (Å²) in [7, 11) is 0. The number of aryl methyl sites for hydroxylation is 1. The van der Waals surface area contributed by atoms with E-state index in [0.717, 1.165) is 44.7 Å². The summed E-state index contributed by atoms with van der Waals surface area (Å²) in [5.41, 5.74) is 6.77. The molecule has 134 valence electrons. The number of benzene rings is 3. The lowest BCUT2D eigenvalue weighted by Gasteiger charge is -2.13. The summed E-state index contributed by atoms with van der Waals surface area (Å²) in [5.74, 6) is 0. The van der Waals surface area contributed by atoms with Gasteiger partial charge in [0.1, 0.15) is 0 Å². The zero-order chi connectivity index (χ0) is 18.8. The second-order valence-corrected chi connectivity index (χ2v) is 6.64. The normalized spacial score (nSPS) is 10.7. The third kappa shape index (κ3) is 3.42. The molecule has 0 aliphatic heterocycles. The number of aromatic nitrogens is 1. The van der Waals surface area contributed by atoms with E-state index in [1.807, 2.05) is 74.5 Å². The smallest absolute Gasteiger partial charge is 0.323 e. The van der Waals surface area contributed by atoms with Gasteiger partial charge in [0.2, 0.25) is 0 Å². The van der Waals surface area contributed by atoms with Gasteiger partial charge in [-0.3, -0.25) is 0 Å². The van der Waals surface area contributed by atoms with E-state index in [0.29, 0.717) is 0 Å². The highest BCUT2D eigenvalue weighted by Gasteiger charge is 2.11. The minimum Gasteiger partial charge on any atom is -0.354 e. The van der Waals surface area contributed by atoms with Gasteiger partial charge in [-0.05, 0) is 49.2 Å². The van der Waals surface area contributed by atoms with Crippen molar-refractivity contribution in [2.45, 2.75) is 13.8 Å². The summed E-state index contributed by atoms with van der Waals surface area (Å²) in [6.45, 7) is 4.03. The summed E-state index contributed by atoms with van der Waals surface area (Å²) in [6, 6.07) is 23.6. The maximum Gasteiger partial charge on any atom is 0.323 e. The number of para-hydroxylation sites is 2. The fourth-order valence-corrected chi connectivity index (χ4v) is 3.21. The SMILES string of the molecule is Cc1cccc(NC(=O)Nc2ccccc2-c2cc3ccccc3[nH]2)c1C. The minimum absolute atomic E-state index is 0.257. The molecule has 4 heteroatoms. The lowest BCUT2D eigenvalue weighted by Crippen LogP contribution is -2.20. The third-order valence-corrected chi connectivity index (χ3v) is 4.85. The molecule has 0 saturated carbocycles. The quantitative estimate of drug-likeness (QED) is 0.409. The Morgan fingerprint density at radius 3 is 2.37 bits per heavy atom. The van der Waals surface area contributed by atoms with Crippen LogP contribution in [0.4, 0.5) is 16.2 Å². The molecular formula is C23H21N3O. The van der Waals surface area contributed by atoms with E-state index < -0.39 is 0 Å². The summed E-state index contributed by atoms with van der Waals surface area (Å²) in [6.07, 6.45) is 0. The largest absolute Gasteiger partial charge is 0.354 e. The number of aromatic amines is 1. The Balaban J connectivity index is 1.61. The van der Waals surface area contributed by atoms with Crippen LogP contribution in [0.2, 0.25) is 0 Å². The molecule has 0 radical (unpaired) electrons. The van der Waals surface area contributed by atoms with Gasteiger partial charge in [-0.2, -0.15) is 0 Å². The van der Waals surface area contributed by atoms with Crippen LogP contribution in [-0.4, -0.2) is 11.0 Å². The molecule has 0 saturated heterocycles. The summed E-state index contributed by atoms with van der Waals surface area (Å²) < 4.78 is 0. The lowest BCUT2D eigenvalue weighted by atomic mass is 10.1. The van der Waals surface area contributed by atoms with Crippen molar-refractivity contribution in [1.82, 2.24) is 4.98 Å². The second-order valence-electron chi connectivity index (χ2n) is 6.64. The van der Waals surface area contributed by atoms with E-state index in [4.69, 9.17) is 0 Å². The van der Waals surface area contributed by atoms with E-state index in [-0.39, 0.29) is 6.03 Å². The van der Waals surface area contributed by atoms with Crippen molar-refractivity contribution < 1.29 is 4.79 Å². The highest BCUT2D eigenvalue weighted by Crippen LogP contribution is 2.30. The first-order valence-electron chi connectivity index (χ1n) is 8.93. The van der Waals surface area contributed by atoms with Crippen molar-refractivity contribution in [1.29, 1.82) is 0 Å². The number of nitrogens with one attached hydrogen (secondary N) is 3. The Morgan fingerprint density at radius 2 is 1.52 bits per heavy atom. The van der Waals surface area contributed by atoms with E-state index >= 15 is 0 Å². The number of hydrogen-bond donors (Lipinski definition) is 3. The number of carbonyl (C=O) groups excluding carboxylic acids is 1. The molecule has 3 N–H and O–H groups in total. The van der Waals surface area contributed by atoms with Crippen molar-refractivity contribution in [3.63, 3.8) is 0 Å². The summed E-state index contributed by atoms with van der Waals surface area (Å²) in [4.78, 5) is 16.0. The third-order valence-electron chi connectivity index (χ3n) is 4.85. The molecule has 0 atom stereocenters. The molecule has 4 aromatic rings. The van der Waals surface area contributed by atoms with Crippen LogP contribution in [0.25, 0.3) is 22.2 Å². The molecule has 2 amide bonds. The number of hydrogen-bond acceptors (Lipinski definition) is 1. The first kappa shape index (κ1) is 16.9. The molecule has 0 aliphatic rings. The van der Waals surface area contributed by atoms with E-state index in [2.05, 4.69) is 27.8 Å². The van der Waals surface area contributed by atoms with Gasteiger partial charge in [0.15, 0.2) is 0 Å². The number of urea groups is 1. The van der Waals surface area contributed by atoms with Crippen molar-refractivity contribution in [3.8, 4) is 11.3 Å². The number of fused-ring (bicyclic) bond motifs is 1. The van der Waals surface area contributed by atoms with Crippen LogP contribution in [0.1, 0.15) is 11.1 Å². The number of amides is 2. The number of H-pyrrole nitrogens is 1.